The Balaban J connectivity index is 1.76. The molecule has 0 aromatic carbocycles. The summed E-state index contributed by atoms with van der Waals surface area (Å²) >= 11 is 0. The van der Waals surface area contributed by atoms with E-state index in [1.807, 2.05) is 6.92 Å². The predicted molar refractivity (Wildman–Crippen MR) is 203 cm³/mol. The minimum atomic E-state index is -1.78. The van der Waals surface area contributed by atoms with Crippen molar-refractivity contribution in [3.63, 3.8) is 0 Å². The van der Waals surface area contributed by atoms with Crippen molar-refractivity contribution < 1.29 is 64.6 Å². The Kier molecular flexibility index (Phi) is 26.3. The number of hydrogen-bond donors (Lipinski definition) is 9. The molecular formula is C40H75NO13. The van der Waals surface area contributed by atoms with Crippen LogP contribution in [0.1, 0.15) is 142 Å². The molecule has 0 aromatic heterocycles. The number of hydrogen-bond acceptors (Lipinski definition) is 13. The molecule has 2 aliphatic rings. The van der Waals surface area contributed by atoms with Crippen LogP contribution in [0.5, 0.6) is 0 Å². The van der Waals surface area contributed by atoms with E-state index in [0.29, 0.717) is 12.8 Å². The lowest BCUT2D eigenvalue weighted by molar-refractivity contribution is -0.359. The van der Waals surface area contributed by atoms with E-state index in [2.05, 4.69) is 24.4 Å². The molecule has 2 rings (SSSR count). The summed E-state index contributed by atoms with van der Waals surface area (Å²) in [5, 5.41) is 85.7. The van der Waals surface area contributed by atoms with Crippen molar-refractivity contribution in [1.29, 1.82) is 0 Å². The highest BCUT2D eigenvalue weighted by Gasteiger charge is 2.50. The summed E-state index contributed by atoms with van der Waals surface area (Å²) in [5.41, 5.74) is 0. The zero-order valence-corrected chi connectivity index (χ0v) is 33.0. The van der Waals surface area contributed by atoms with E-state index in [9.17, 15) is 45.6 Å². The average molecular weight is 778 g/mol. The van der Waals surface area contributed by atoms with Crippen molar-refractivity contribution in [1.82, 2.24) is 5.32 Å². The van der Waals surface area contributed by atoms with E-state index in [-0.39, 0.29) is 12.5 Å². The maximum atomic E-state index is 12.9. The van der Waals surface area contributed by atoms with Crippen LogP contribution in [0.2, 0.25) is 0 Å². The van der Waals surface area contributed by atoms with Crippen molar-refractivity contribution in [3.8, 4) is 0 Å². The highest BCUT2D eigenvalue weighted by atomic mass is 16.7. The molecule has 1 amide bonds. The Bertz CT molecular complexity index is 972. The molecule has 0 saturated carbocycles. The summed E-state index contributed by atoms with van der Waals surface area (Å²) in [7, 11) is 0. The minimum Gasteiger partial charge on any atom is -0.394 e. The zero-order valence-electron chi connectivity index (χ0n) is 33.0. The third kappa shape index (κ3) is 17.9. The standard InChI is InChI=1S/C40H75NO13/c1-3-5-7-8-9-10-11-12-13-14-15-16-17-18-19-20-22-24-32(45)41-28(29(44)23-21-6-4-2)27-51-39-37(50)35(48)38(31(26-43)53-39)54-40-36(49)34(47)33(46)30(25-42)52-40/h12-13,28-31,33-40,42-44,46-50H,3-11,14-27H2,1-2H3,(H,41,45)/b13-12-. The van der Waals surface area contributed by atoms with E-state index in [1.54, 1.807) is 0 Å². The molecule has 2 heterocycles. The number of aliphatic hydroxyl groups is 8. The number of amides is 1. The molecule has 14 nitrogen and oxygen atoms in total. The van der Waals surface area contributed by atoms with Crippen molar-refractivity contribution in [2.45, 2.75) is 216 Å². The van der Waals surface area contributed by atoms with Crippen LogP contribution in [0.3, 0.4) is 0 Å². The van der Waals surface area contributed by atoms with Crippen molar-refractivity contribution in [2.75, 3.05) is 19.8 Å². The molecule has 0 aromatic rings. The molecule has 14 heteroatoms. The molecule has 9 N–H and O–H groups in total. The first-order valence-electron chi connectivity index (χ1n) is 20.9. The first-order chi connectivity index (χ1) is 26.1. The fraction of sp³-hybridized carbons (Fsp3) is 0.925. The molecule has 0 bridgehead atoms. The third-order valence-corrected chi connectivity index (χ3v) is 10.5. The third-order valence-electron chi connectivity index (χ3n) is 10.5. The lowest BCUT2D eigenvalue weighted by Gasteiger charge is -2.46. The second-order valence-electron chi connectivity index (χ2n) is 15.1. The van der Waals surface area contributed by atoms with Crippen LogP contribution in [0.4, 0.5) is 0 Å². The Labute approximate surface area is 323 Å². The summed E-state index contributed by atoms with van der Waals surface area (Å²) in [5.74, 6) is -0.225. The Morgan fingerprint density at radius 1 is 0.648 bits per heavy atom. The molecule has 2 saturated heterocycles. The number of unbranched alkanes of at least 4 members (excludes halogenated alkanes) is 15. The first kappa shape index (κ1) is 48.9. The monoisotopic (exact) mass is 778 g/mol. The topological polar surface area (TPSA) is 228 Å². The van der Waals surface area contributed by atoms with Gasteiger partial charge in [0.25, 0.3) is 0 Å². The Hall–Kier alpha value is -1.27. The fourth-order valence-corrected chi connectivity index (χ4v) is 6.93. The Morgan fingerprint density at radius 2 is 1.17 bits per heavy atom. The van der Waals surface area contributed by atoms with Crippen LogP contribution in [-0.4, -0.2) is 140 Å². The summed E-state index contributed by atoms with van der Waals surface area (Å²) < 4.78 is 22.4. The second kappa shape index (κ2) is 29.0. The van der Waals surface area contributed by atoms with Gasteiger partial charge in [0.2, 0.25) is 5.91 Å². The summed E-state index contributed by atoms with van der Waals surface area (Å²) in [6.07, 6.45) is 9.04. The smallest absolute Gasteiger partial charge is 0.220 e. The van der Waals surface area contributed by atoms with E-state index < -0.39 is 86.8 Å². The fourth-order valence-electron chi connectivity index (χ4n) is 6.93. The van der Waals surface area contributed by atoms with Crippen LogP contribution < -0.4 is 5.32 Å². The molecule has 12 unspecified atom stereocenters. The number of rotatable bonds is 30. The summed E-state index contributed by atoms with van der Waals surface area (Å²) in [6, 6.07) is -0.821. The highest BCUT2D eigenvalue weighted by Crippen LogP contribution is 2.30. The van der Waals surface area contributed by atoms with E-state index in [0.717, 1.165) is 51.4 Å². The van der Waals surface area contributed by atoms with E-state index in [1.165, 1.54) is 64.2 Å². The molecule has 2 aliphatic heterocycles. The number of carbonyl (C=O) groups is 1. The maximum absolute atomic E-state index is 12.9. The van der Waals surface area contributed by atoms with Crippen LogP contribution in [0.25, 0.3) is 0 Å². The number of ether oxygens (including phenoxy) is 4. The summed E-state index contributed by atoms with van der Waals surface area (Å²) in [4.78, 5) is 12.9. The predicted octanol–water partition coefficient (Wildman–Crippen LogP) is 2.87. The minimum absolute atomic E-state index is 0.225. The molecule has 12 atom stereocenters. The van der Waals surface area contributed by atoms with Gasteiger partial charge in [-0.1, -0.05) is 109 Å². The number of allylic oxidation sites excluding steroid dienone is 2. The van der Waals surface area contributed by atoms with Crippen molar-refractivity contribution in [3.05, 3.63) is 12.2 Å². The van der Waals surface area contributed by atoms with Gasteiger partial charge in [-0.3, -0.25) is 4.79 Å². The van der Waals surface area contributed by atoms with Gasteiger partial charge in [0, 0.05) is 6.42 Å². The van der Waals surface area contributed by atoms with Gasteiger partial charge in [0.05, 0.1) is 32.0 Å². The van der Waals surface area contributed by atoms with E-state index >= 15 is 0 Å². The van der Waals surface area contributed by atoms with Crippen molar-refractivity contribution >= 4 is 5.91 Å². The van der Waals surface area contributed by atoms with Gasteiger partial charge >= 0.3 is 0 Å². The van der Waals surface area contributed by atoms with Crippen LogP contribution in [0, 0.1) is 0 Å². The molecule has 2 fully saturated rings. The Morgan fingerprint density at radius 3 is 1.76 bits per heavy atom. The second-order valence-corrected chi connectivity index (χ2v) is 15.1. The van der Waals surface area contributed by atoms with Gasteiger partial charge in [-0.05, 0) is 38.5 Å². The highest BCUT2D eigenvalue weighted by molar-refractivity contribution is 5.76. The van der Waals surface area contributed by atoms with Crippen molar-refractivity contribution in [2.24, 2.45) is 0 Å². The van der Waals surface area contributed by atoms with Crippen LogP contribution >= 0.6 is 0 Å². The molecular weight excluding hydrogens is 702 g/mol. The number of carbonyl (C=O) groups excluding carboxylic acids is 1. The average Bonchev–Trinajstić information content (AvgIpc) is 3.16. The first-order valence-corrected chi connectivity index (χ1v) is 20.9. The SMILES string of the molecule is CCCCCCCC/C=C\CCCCCCCCCC(=O)NC(COC1OC(CO)C(OC2OC(CO)C(O)C(O)C2O)C(O)C1O)C(O)CCCCC. The normalized spacial score (nSPS) is 30.1. The molecule has 318 valence electrons. The van der Waals surface area contributed by atoms with E-state index in [4.69, 9.17) is 18.9 Å². The molecule has 0 spiro atoms. The van der Waals surface area contributed by atoms with Crippen LogP contribution in [0.15, 0.2) is 12.2 Å². The maximum Gasteiger partial charge on any atom is 0.220 e. The van der Waals surface area contributed by atoms with Gasteiger partial charge in [-0.15, -0.1) is 0 Å². The lowest BCUT2D eigenvalue weighted by atomic mass is 9.97. The number of nitrogens with one attached hydrogen (secondary N) is 1. The molecule has 0 radical (unpaired) electrons. The van der Waals surface area contributed by atoms with Gasteiger partial charge in [0.15, 0.2) is 12.6 Å². The lowest BCUT2D eigenvalue weighted by Crippen LogP contribution is -2.65. The summed E-state index contributed by atoms with van der Waals surface area (Å²) in [6.45, 7) is 2.63. The number of aliphatic hydroxyl groups excluding tert-OH is 8. The molecule has 0 aliphatic carbocycles. The largest absolute Gasteiger partial charge is 0.394 e. The van der Waals surface area contributed by atoms with Gasteiger partial charge < -0.3 is 65.1 Å². The van der Waals surface area contributed by atoms with Gasteiger partial charge in [0.1, 0.15) is 48.8 Å². The molecule has 54 heavy (non-hydrogen) atoms. The zero-order chi connectivity index (χ0) is 39.7. The van der Waals surface area contributed by atoms with Crippen LogP contribution in [-0.2, 0) is 23.7 Å². The van der Waals surface area contributed by atoms with Gasteiger partial charge in [-0.2, -0.15) is 0 Å². The van der Waals surface area contributed by atoms with Gasteiger partial charge in [-0.25, -0.2) is 0 Å². The quantitative estimate of drug-likeness (QED) is 0.0378.